The van der Waals surface area contributed by atoms with Crippen molar-refractivity contribution in [2.75, 3.05) is 25.0 Å². The first kappa shape index (κ1) is 23.9. The topological polar surface area (TPSA) is 98.7 Å². The predicted octanol–water partition coefficient (Wildman–Crippen LogP) is 2.57. The van der Waals surface area contributed by atoms with Crippen molar-refractivity contribution in [3.63, 3.8) is 0 Å². The molecule has 3 fully saturated rings. The maximum atomic E-state index is 13.7. The molecule has 3 heterocycles. The molecule has 1 aromatic carbocycles. The number of aliphatic hydroxyl groups excluding tert-OH is 1. The van der Waals surface area contributed by atoms with Crippen molar-refractivity contribution in [1.82, 2.24) is 10.2 Å². The van der Waals surface area contributed by atoms with Crippen molar-refractivity contribution in [3.05, 3.63) is 28.8 Å². The number of aliphatic hydroxyl groups is 1. The van der Waals surface area contributed by atoms with Gasteiger partial charge in [0, 0.05) is 23.2 Å². The minimum Gasteiger partial charge on any atom is -0.395 e. The summed E-state index contributed by atoms with van der Waals surface area (Å²) in [7, 11) is 0. The van der Waals surface area contributed by atoms with Gasteiger partial charge in [0.2, 0.25) is 17.7 Å². The average Bonchev–Trinajstić information content (AvgIpc) is 3.33. The molecule has 6 atom stereocenters. The monoisotopic (exact) mass is 543 g/mol. The number of carbonyl (C=O) groups excluding carboxylic acids is 3. The molecule has 3 saturated heterocycles. The number of nitrogens with one attached hydrogen (secondary N) is 2. The highest BCUT2D eigenvalue weighted by Crippen LogP contribution is 2.67. The van der Waals surface area contributed by atoms with Gasteiger partial charge in [-0.15, -0.1) is 11.8 Å². The number of alkyl halides is 1. The van der Waals surface area contributed by atoms with Crippen LogP contribution in [-0.4, -0.2) is 68.3 Å². The van der Waals surface area contributed by atoms with Crippen molar-refractivity contribution in [2.45, 2.75) is 47.6 Å². The van der Waals surface area contributed by atoms with Gasteiger partial charge >= 0.3 is 0 Å². The van der Waals surface area contributed by atoms with Gasteiger partial charge in [-0.1, -0.05) is 46.6 Å². The van der Waals surface area contributed by atoms with Crippen LogP contribution in [-0.2, 0) is 14.4 Å². The quantitative estimate of drug-likeness (QED) is 0.458. The van der Waals surface area contributed by atoms with E-state index in [0.29, 0.717) is 23.7 Å². The highest BCUT2D eigenvalue weighted by Gasteiger charge is 2.75. The van der Waals surface area contributed by atoms with Gasteiger partial charge in [0.1, 0.15) is 6.04 Å². The van der Waals surface area contributed by atoms with Gasteiger partial charge in [0.15, 0.2) is 0 Å². The van der Waals surface area contributed by atoms with Gasteiger partial charge in [-0.05, 0) is 31.4 Å². The third kappa shape index (κ3) is 3.65. The van der Waals surface area contributed by atoms with Crippen LogP contribution >= 0.6 is 39.3 Å². The minimum atomic E-state index is -0.804. The Bertz CT molecular complexity index is 930. The van der Waals surface area contributed by atoms with E-state index in [9.17, 15) is 19.5 Å². The smallest absolute Gasteiger partial charge is 0.248 e. The Morgan fingerprint density at radius 2 is 2.12 bits per heavy atom. The second-order valence-electron chi connectivity index (χ2n) is 8.63. The van der Waals surface area contributed by atoms with Crippen LogP contribution in [0.1, 0.15) is 25.3 Å². The first-order valence-electron chi connectivity index (χ1n) is 10.8. The molecule has 3 amide bonds. The van der Waals surface area contributed by atoms with E-state index >= 15 is 0 Å². The first-order chi connectivity index (χ1) is 15.3. The molecule has 1 spiro atoms. The lowest BCUT2D eigenvalue weighted by Crippen LogP contribution is -2.53. The van der Waals surface area contributed by atoms with E-state index in [2.05, 4.69) is 26.6 Å². The Balaban J connectivity index is 1.71. The van der Waals surface area contributed by atoms with Gasteiger partial charge in [-0.3, -0.25) is 14.4 Å². The number of aryl methyl sites for hydroxylation is 1. The fourth-order valence-corrected chi connectivity index (χ4v) is 9.31. The molecule has 10 heteroatoms. The highest BCUT2D eigenvalue weighted by molar-refractivity contribution is 9.09. The molecule has 3 aliphatic heterocycles. The molecule has 7 nitrogen and oxygen atoms in total. The lowest BCUT2D eigenvalue weighted by atomic mass is 9.70. The zero-order chi connectivity index (χ0) is 23.2. The van der Waals surface area contributed by atoms with Crippen LogP contribution in [0.3, 0.4) is 0 Å². The molecule has 32 heavy (non-hydrogen) atoms. The number of nitrogens with zero attached hydrogens (tertiary/aromatic N) is 1. The van der Waals surface area contributed by atoms with Crippen LogP contribution in [0.5, 0.6) is 0 Å². The molecule has 0 aliphatic carbocycles. The number of amides is 3. The lowest BCUT2D eigenvalue weighted by Gasteiger charge is -2.35. The molecule has 174 valence electrons. The van der Waals surface area contributed by atoms with Gasteiger partial charge < -0.3 is 20.6 Å². The number of carbonyl (C=O) groups is 3. The summed E-state index contributed by atoms with van der Waals surface area (Å²) in [6, 6.07) is 4.56. The van der Waals surface area contributed by atoms with Gasteiger partial charge in [-0.2, -0.15) is 0 Å². The molecule has 0 aromatic heterocycles. The van der Waals surface area contributed by atoms with Crippen molar-refractivity contribution in [1.29, 1.82) is 0 Å². The summed E-state index contributed by atoms with van der Waals surface area (Å²) >= 11 is 11.6. The Morgan fingerprint density at radius 3 is 2.78 bits per heavy atom. The van der Waals surface area contributed by atoms with E-state index in [1.807, 2.05) is 26.0 Å². The van der Waals surface area contributed by atoms with E-state index in [-0.39, 0.29) is 41.0 Å². The number of rotatable bonds is 7. The normalized spacial score (nSPS) is 32.8. The van der Waals surface area contributed by atoms with Crippen LogP contribution in [0, 0.1) is 18.8 Å². The van der Waals surface area contributed by atoms with Gasteiger partial charge in [0.25, 0.3) is 0 Å². The fourth-order valence-electron chi connectivity index (χ4n) is 5.43. The van der Waals surface area contributed by atoms with Gasteiger partial charge in [-0.25, -0.2) is 0 Å². The van der Waals surface area contributed by atoms with Gasteiger partial charge in [0.05, 0.1) is 33.9 Å². The largest absolute Gasteiger partial charge is 0.395 e. The van der Waals surface area contributed by atoms with E-state index in [0.717, 1.165) is 12.0 Å². The third-order valence-corrected chi connectivity index (χ3v) is 10.2. The highest BCUT2D eigenvalue weighted by atomic mass is 79.9. The second-order valence-corrected chi connectivity index (χ2v) is 11.8. The van der Waals surface area contributed by atoms with E-state index in [1.54, 1.807) is 17.8 Å². The van der Waals surface area contributed by atoms with E-state index < -0.39 is 22.6 Å². The predicted molar refractivity (Wildman–Crippen MR) is 129 cm³/mol. The van der Waals surface area contributed by atoms with E-state index in [1.165, 1.54) is 4.90 Å². The summed E-state index contributed by atoms with van der Waals surface area (Å²) in [5.74, 6) is -1.83. The Labute approximate surface area is 205 Å². The third-order valence-electron chi connectivity index (χ3n) is 6.70. The molecule has 0 saturated carbocycles. The van der Waals surface area contributed by atoms with Crippen molar-refractivity contribution >= 4 is 62.7 Å². The number of para-hydroxylation sites is 1. The Hall–Kier alpha value is -1.29. The summed E-state index contributed by atoms with van der Waals surface area (Å²) in [6.45, 7) is 4.15. The average molecular weight is 545 g/mol. The molecule has 3 unspecified atom stereocenters. The molecular formula is C22H27BrClN3O4S. The summed E-state index contributed by atoms with van der Waals surface area (Å²) in [6.07, 6.45) is 1.40. The van der Waals surface area contributed by atoms with Crippen LogP contribution < -0.4 is 10.6 Å². The lowest BCUT2D eigenvalue weighted by molar-refractivity contribution is -0.139. The number of hydrogen-bond acceptors (Lipinski definition) is 5. The van der Waals surface area contributed by atoms with Crippen LogP contribution in [0.15, 0.2) is 18.2 Å². The number of likely N-dealkylation sites (tertiary alicyclic amines) is 1. The molecule has 2 bridgehead atoms. The first-order valence-corrected chi connectivity index (χ1v) is 13.0. The van der Waals surface area contributed by atoms with Crippen LogP contribution in [0.2, 0.25) is 5.02 Å². The Morgan fingerprint density at radius 1 is 1.38 bits per heavy atom. The molecular weight excluding hydrogens is 518 g/mol. The summed E-state index contributed by atoms with van der Waals surface area (Å²) < 4.78 is -0.738. The molecule has 0 radical (unpaired) electrons. The zero-order valence-corrected chi connectivity index (χ0v) is 21.1. The van der Waals surface area contributed by atoms with Crippen molar-refractivity contribution < 1.29 is 19.5 Å². The number of thioether (sulfide) groups is 1. The number of β-amino-alcohol motifs (C(OH)–C–C–N with tert-alkyl or cyclic N) is 1. The number of hydrogen-bond donors (Lipinski definition) is 3. The Kier molecular flexibility index (Phi) is 6.83. The van der Waals surface area contributed by atoms with Crippen molar-refractivity contribution in [3.8, 4) is 0 Å². The summed E-state index contributed by atoms with van der Waals surface area (Å²) in [5, 5.41) is 15.9. The van der Waals surface area contributed by atoms with Crippen LogP contribution in [0.4, 0.5) is 5.69 Å². The summed E-state index contributed by atoms with van der Waals surface area (Å²) in [5.41, 5.74) is 1.33. The number of fused-ring (bicyclic) bond motifs is 1. The molecule has 3 aliphatic rings. The molecule has 4 rings (SSSR count). The second kappa shape index (κ2) is 9.16. The van der Waals surface area contributed by atoms with Crippen molar-refractivity contribution in [2.24, 2.45) is 11.8 Å². The molecule has 1 aromatic rings. The fraction of sp³-hybridized carbons (Fsp3) is 0.591. The maximum absolute atomic E-state index is 13.7. The standard InChI is InChI=1S/C22H27BrClN3O4S/c1-3-7-25-19(29)14-15-21(31)27(8-9-28)18(22(15)10-12(23)17(14)32-22)20(30)26-16-11(2)5-4-6-13(16)24/h4-6,12,14-15,17-18,28H,3,7-10H2,1-2H3,(H,25,29)(H,26,30)/t12?,14-,15+,17-,18?,22?/m1/s1. The minimum absolute atomic E-state index is 0.0142. The summed E-state index contributed by atoms with van der Waals surface area (Å²) in [4.78, 5) is 41.7. The van der Waals surface area contributed by atoms with Crippen LogP contribution in [0.25, 0.3) is 0 Å². The number of halogens is 2. The number of anilines is 1. The number of benzene rings is 1. The van der Waals surface area contributed by atoms with E-state index in [4.69, 9.17) is 11.6 Å². The zero-order valence-electron chi connectivity index (χ0n) is 17.9. The molecule has 3 N–H and O–H groups in total. The maximum Gasteiger partial charge on any atom is 0.248 e. The SMILES string of the molecule is CCCNC(=O)[C@H]1[C@@H]2SC3(CC2Br)C(C(=O)Nc2c(C)cccc2Cl)N(CCO)C(=O)[C@H]13.